The third-order valence-corrected chi connectivity index (χ3v) is 1.19. The standard InChI is InChI=1S/C6H14/c1-4-6(3)5-2/h6H,4-5H2,1-3H3/i1D. The highest BCUT2D eigenvalue weighted by Crippen LogP contribution is 2.02. The molecule has 0 rings (SSSR count). The summed E-state index contributed by atoms with van der Waals surface area (Å²) in [7, 11) is 0. The van der Waals surface area contributed by atoms with Gasteiger partial charge in [-0.15, -0.1) is 0 Å². The summed E-state index contributed by atoms with van der Waals surface area (Å²) < 4.78 is 6.84. The molecule has 6 heavy (non-hydrogen) atoms. The number of hydrogen-bond acceptors (Lipinski definition) is 0. The second-order valence-corrected chi connectivity index (χ2v) is 1.80. The first-order valence-electron chi connectivity index (χ1n) is 3.31. The molecule has 0 aliphatic rings. The minimum absolute atomic E-state index is 0.592. The Morgan fingerprint density at radius 1 is 1.67 bits per heavy atom. The van der Waals surface area contributed by atoms with Crippen LogP contribution in [-0.4, -0.2) is 0 Å². The van der Waals surface area contributed by atoms with Gasteiger partial charge in [0.15, 0.2) is 0 Å². The Balaban J connectivity index is 2.83. The highest BCUT2D eigenvalue weighted by Gasteiger charge is 1.88. The normalized spacial score (nSPS) is 16.7. The molecule has 0 fully saturated rings. The molecule has 0 bridgehead atoms. The van der Waals surface area contributed by atoms with Gasteiger partial charge >= 0.3 is 0 Å². The fraction of sp³-hybridized carbons (Fsp3) is 1.00. The van der Waals surface area contributed by atoms with Crippen molar-refractivity contribution in [3.63, 3.8) is 0 Å². The van der Waals surface area contributed by atoms with Gasteiger partial charge in [-0.3, -0.25) is 0 Å². The zero-order valence-electron chi connectivity index (χ0n) is 5.70. The Bertz CT molecular complexity index is 35.2. The molecule has 1 atom stereocenters. The van der Waals surface area contributed by atoms with Gasteiger partial charge in [-0.1, -0.05) is 33.6 Å². The van der Waals surface area contributed by atoms with E-state index in [1.54, 1.807) is 0 Å². The van der Waals surface area contributed by atoms with Crippen molar-refractivity contribution in [3.8, 4) is 0 Å². The average Bonchev–Trinajstić information content (AvgIpc) is 1.68. The fourth-order valence-corrected chi connectivity index (χ4v) is 0.204. The second-order valence-electron chi connectivity index (χ2n) is 1.80. The molecule has 0 aromatic carbocycles. The van der Waals surface area contributed by atoms with Crippen LogP contribution in [0, 0.1) is 5.92 Å². The van der Waals surface area contributed by atoms with Gasteiger partial charge in [0.25, 0.3) is 0 Å². The molecule has 0 N–H and O–H groups in total. The van der Waals surface area contributed by atoms with Crippen molar-refractivity contribution < 1.29 is 1.37 Å². The van der Waals surface area contributed by atoms with Crippen LogP contribution in [0.25, 0.3) is 0 Å². The van der Waals surface area contributed by atoms with Crippen molar-refractivity contribution in [3.05, 3.63) is 0 Å². The van der Waals surface area contributed by atoms with E-state index in [-0.39, 0.29) is 0 Å². The zero-order chi connectivity index (χ0) is 5.70. The third kappa shape index (κ3) is 2.25. The summed E-state index contributed by atoms with van der Waals surface area (Å²) in [5.41, 5.74) is 0. The molecular weight excluding hydrogens is 72.1 g/mol. The van der Waals surface area contributed by atoms with Crippen molar-refractivity contribution in [2.45, 2.75) is 33.6 Å². The van der Waals surface area contributed by atoms with Gasteiger partial charge in [0, 0.05) is 1.37 Å². The third-order valence-electron chi connectivity index (χ3n) is 1.19. The molecule has 0 amide bonds. The Labute approximate surface area is 42.0 Å². The van der Waals surface area contributed by atoms with Crippen LogP contribution < -0.4 is 0 Å². The van der Waals surface area contributed by atoms with Crippen LogP contribution in [0.2, 0.25) is 0 Å². The smallest absolute Gasteiger partial charge is 0.0230 e. The molecular formula is C6H14. The minimum atomic E-state index is 0.592. The lowest BCUT2D eigenvalue weighted by molar-refractivity contribution is 0.544. The predicted octanol–water partition coefficient (Wildman–Crippen LogP) is 2.44. The zero-order valence-corrected chi connectivity index (χ0v) is 4.70. The van der Waals surface area contributed by atoms with Crippen molar-refractivity contribution in [2.75, 3.05) is 0 Å². The lowest BCUT2D eigenvalue weighted by Crippen LogP contribution is -1.85. The van der Waals surface area contributed by atoms with Crippen molar-refractivity contribution in [1.82, 2.24) is 0 Å². The summed E-state index contributed by atoms with van der Waals surface area (Å²) in [6, 6.07) is 0. The van der Waals surface area contributed by atoms with E-state index in [0.29, 0.717) is 6.90 Å². The maximum Gasteiger partial charge on any atom is 0.0230 e. The van der Waals surface area contributed by atoms with E-state index in [0.717, 1.165) is 12.3 Å². The quantitative estimate of drug-likeness (QED) is 0.485. The van der Waals surface area contributed by atoms with Gasteiger partial charge in [0.05, 0.1) is 0 Å². The maximum atomic E-state index is 6.84. The number of hydrogen-bond donors (Lipinski definition) is 0. The lowest BCUT2D eigenvalue weighted by Gasteiger charge is -1.98. The summed E-state index contributed by atoms with van der Waals surface area (Å²) in [4.78, 5) is 0. The Hall–Kier alpha value is 0. The average molecular weight is 87.2 g/mol. The summed E-state index contributed by atoms with van der Waals surface area (Å²) >= 11 is 0. The van der Waals surface area contributed by atoms with Gasteiger partial charge < -0.3 is 0 Å². The Morgan fingerprint density at radius 2 is 2.33 bits per heavy atom. The molecule has 1 unspecified atom stereocenters. The van der Waals surface area contributed by atoms with Crippen LogP contribution in [0.1, 0.15) is 35.0 Å². The van der Waals surface area contributed by atoms with E-state index in [9.17, 15) is 0 Å². The Kier molecular flexibility index (Phi) is 2.22. The SMILES string of the molecule is [2H]CCC(C)CC. The molecule has 0 saturated carbocycles. The highest BCUT2D eigenvalue weighted by molar-refractivity contribution is 4.41. The molecule has 0 aliphatic carbocycles. The first kappa shape index (κ1) is 4.17. The molecule has 0 spiro atoms. The molecule has 0 aromatic heterocycles. The van der Waals surface area contributed by atoms with E-state index in [4.69, 9.17) is 1.37 Å². The van der Waals surface area contributed by atoms with Crippen molar-refractivity contribution >= 4 is 0 Å². The molecule has 0 aromatic rings. The first-order valence-corrected chi connectivity index (χ1v) is 2.60. The van der Waals surface area contributed by atoms with E-state index >= 15 is 0 Å². The summed E-state index contributed by atoms with van der Waals surface area (Å²) in [5.74, 6) is 0.762. The van der Waals surface area contributed by atoms with E-state index in [1.807, 2.05) is 0 Å². The minimum Gasteiger partial charge on any atom is -0.0651 e. The Morgan fingerprint density at radius 3 is 2.50 bits per heavy atom. The predicted molar refractivity (Wildman–Crippen MR) is 29.7 cm³/mol. The van der Waals surface area contributed by atoms with Crippen LogP contribution >= 0.6 is 0 Å². The number of rotatable bonds is 2. The van der Waals surface area contributed by atoms with Crippen LogP contribution in [0.3, 0.4) is 0 Å². The van der Waals surface area contributed by atoms with Gasteiger partial charge in [0.1, 0.15) is 0 Å². The summed E-state index contributed by atoms with van der Waals surface area (Å²) in [5, 5.41) is 0. The summed E-state index contributed by atoms with van der Waals surface area (Å²) in [6.45, 7) is 4.95. The molecule has 0 saturated heterocycles. The molecule has 38 valence electrons. The monoisotopic (exact) mass is 87.1 g/mol. The van der Waals surface area contributed by atoms with Gasteiger partial charge in [-0.25, -0.2) is 0 Å². The summed E-state index contributed by atoms with van der Waals surface area (Å²) in [6.07, 6.45) is 2.29. The first-order chi connectivity index (χ1) is 3.31. The molecule has 0 heteroatoms. The van der Waals surface area contributed by atoms with E-state index in [1.165, 1.54) is 6.42 Å². The maximum absolute atomic E-state index is 6.84. The van der Waals surface area contributed by atoms with E-state index in [2.05, 4.69) is 13.8 Å². The highest BCUT2D eigenvalue weighted by atomic mass is 13.9. The van der Waals surface area contributed by atoms with Crippen LogP contribution in [-0.2, 0) is 0 Å². The lowest BCUT2D eigenvalue weighted by atomic mass is 10.1. The van der Waals surface area contributed by atoms with Crippen molar-refractivity contribution in [1.29, 1.82) is 0 Å². The second kappa shape index (κ2) is 3.20. The van der Waals surface area contributed by atoms with Crippen molar-refractivity contribution in [2.24, 2.45) is 5.92 Å². The largest absolute Gasteiger partial charge is 0.0651 e. The fourth-order valence-electron chi connectivity index (χ4n) is 0.204. The molecule has 0 radical (unpaired) electrons. The van der Waals surface area contributed by atoms with Crippen LogP contribution in [0.4, 0.5) is 0 Å². The molecule has 0 heterocycles. The van der Waals surface area contributed by atoms with E-state index < -0.39 is 0 Å². The van der Waals surface area contributed by atoms with Crippen LogP contribution in [0.5, 0.6) is 0 Å². The van der Waals surface area contributed by atoms with Gasteiger partial charge in [0.2, 0.25) is 0 Å². The molecule has 0 nitrogen and oxygen atoms in total. The van der Waals surface area contributed by atoms with Crippen LogP contribution in [0.15, 0.2) is 0 Å². The molecule has 0 aliphatic heterocycles. The van der Waals surface area contributed by atoms with Gasteiger partial charge in [-0.05, 0) is 5.92 Å². The topological polar surface area (TPSA) is 0 Å². The van der Waals surface area contributed by atoms with Gasteiger partial charge in [-0.2, -0.15) is 0 Å².